The predicted octanol–water partition coefficient (Wildman–Crippen LogP) is 5.31. The standard InChI is InChI=1S/C17H19ClO/c1-17(2,3)14-10-6-5-8-12(14)13-9-7-11-15(18)16(13)19-4/h5-11H,1-4H3. The van der Waals surface area contributed by atoms with Gasteiger partial charge in [-0.1, -0.05) is 68.8 Å². The van der Waals surface area contributed by atoms with Crippen LogP contribution in [-0.4, -0.2) is 7.11 Å². The zero-order chi connectivity index (χ0) is 14.0. The molecule has 0 saturated heterocycles. The van der Waals surface area contributed by atoms with Gasteiger partial charge in [-0.15, -0.1) is 0 Å². The van der Waals surface area contributed by atoms with Gasteiger partial charge in [0, 0.05) is 5.56 Å². The Morgan fingerprint density at radius 2 is 1.53 bits per heavy atom. The number of halogens is 1. The van der Waals surface area contributed by atoms with Crippen LogP contribution in [0.2, 0.25) is 5.02 Å². The molecule has 2 aromatic rings. The molecule has 19 heavy (non-hydrogen) atoms. The monoisotopic (exact) mass is 274 g/mol. The van der Waals surface area contributed by atoms with Crippen molar-refractivity contribution in [3.63, 3.8) is 0 Å². The molecule has 0 aliphatic rings. The van der Waals surface area contributed by atoms with Gasteiger partial charge in [0.2, 0.25) is 0 Å². The molecule has 0 aromatic heterocycles. The highest BCUT2D eigenvalue weighted by atomic mass is 35.5. The molecule has 0 spiro atoms. The fourth-order valence-corrected chi connectivity index (χ4v) is 2.55. The van der Waals surface area contributed by atoms with Crippen LogP contribution < -0.4 is 4.74 Å². The third-order valence-corrected chi connectivity index (χ3v) is 3.49. The number of hydrogen-bond acceptors (Lipinski definition) is 1. The van der Waals surface area contributed by atoms with E-state index in [1.54, 1.807) is 7.11 Å². The topological polar surface area (TPSA) is 9.23 Å². The molecule has 0 atom stereocenters. The van der Waals surface area contributed by atoms with E-state index in [0.29, 0.717) is 5.02 Å². The van der Waals surface area contributed by atoms with Crippen LogP contribution in [0.3, 0.4) is 0 Å². The van der Waals surface area contributed by atoms with Crippen LogP contribution in [0.4, 0.5) is 0 Å². The Kier molecular flexibility index (Phi) is 3.86. The van der Waals surface area contributed by atoms with Crippen LogP contribution in [0, 0.1) is 0 Å². The van der Waals surface area contributed by atoms with Crippen molar-refractivity contribution in [1.82, 2.24) is 0 Å². The fraction of sp³-hybridized carbons (Fsp3) is 0.294. The van der Waals surface area contributed by atoms with Crippen molar-refractivity contribution in [3.8, 4) is 16.9 Å². The smallest absolute Gasteiger partial charge is 0.145 e. The molecule has 0 aliphatic heterocycles. The average Bonchev–Trinajstić information content (AvgIpc) is 2.37. The second-order valence-electron chi connectivity index (χ2n) is 5.62. The van der Waals surface area contributed by atoms with Crippen molar-refractivity contribution >= 4 is 11.6 Å². The van der Waals surface area contributed by atoms with Crippen LogP contribution >= 0.6 is 11.6 Å². The second kappa shape index (κ2) is 5.26. The predicted molar refractivity (Wildman–Crippen MR) is 82.1 cm³/mol. The zero-order valence-electron chi connectivity index (χ0n) is 11.8. The summed E-state index contributed by atoms with van der Waals surface area (Å²) in [7, 11) is 1.66. The summed E-state index contributed by atoms with van der Waals surface area (Å²) >= 11 is 6.22. The maximum absolute atomic E-state index is 6.22. The van der Waals surface area contributed by atoms with Crippen molar-refractivity contribution in [2.75, 3.05) is 7.11 Å². The molecule has 0 heterocycles. The van der Waals surface area contributed by atoms with Gasteiger partial charge in [0.05, 0.1) is 12.1 Å². The van der Waals surface area contributed by atoms with E-state index in [-0.39, 0.29) is 5.41 Å². The van der Waals surface area contributed by atoms with Gasteiger partial charge in [0.1, 0.15) is 5.75 Å². The summed E-state index contributed by atoms with van der Waals surface area (Å²) in [6, 6.07) is 14.3. The normalized spacial score (nSPS) is 11.4. The van der Waals surface area contributed by atoms with E-state index in [9.17, 15) is 0 Å². The van der Waals surface area contributed by atoms with Gasteiger partial charge in [-0.25, -0.2) is 0 Å². The largest absolute Gasteiger partial charge is 0.495 e. The first kappa shape index (κ1) is 14.0. The quantitative estimate of drug-likeness (QED) is 0.721. The molecule has 0 amide bonds. The van der Waals surface area contributed by atoms with E-state index in [1.165, 1.54) is 11.1 Å². The van der Waals surface area contributed by atoms with E-state index in [0.717, 1.165) is 11.3 Å². The zero-order valence-corrected chi connectivity index (χ0v) is 12.6. The van der Waals surface area contributed by atoms with Gasteiger partial charge < -0.3 is 4.74 Å². The number of benzene rings is 2. The lowest BCUT2D eigenvalue weighted by molar-refractivity contribution is 0.416. The molecule has 0 bridgehead atoms. The molecular formula is C17H19ClO. The van der Waals surface area contributed by atoms with Crippen LogP contribution in [0.25, 0.3) is 11.1 Å². The number of para-hydroxylation sites is 1. The summed E-state index contributed by atoms with van der Waals surface area (Å²) in [5.74, 6) is 0.737. The Morgan fingerprint density at radius 1 is 0.895 bits per heavy atom. The van der Waals surface area contributed by atoms with Gasteiger partial charge >= 0.3 is 0 Å². The molecule has 0 saturated carbocycles. The number of rotatable bonds is 2. The van der Waals surface area contributed by atoms with Crippen molar-refractivity contribution in [3.05, 3.63) is 53.1 Å². The maximum atomic E-state index is 6.22. The summed E-state index contributed by atoms with van der Waals surface area (Å²) < 4.78 is 5.47. The molecule has 0 unspecified atom stereocenters. The van der Waals surface area contributed by atoms with Crippen LogP contribution in [0.15, 0.2) is 42.5 Å². The van der Waals surface area contributed by atoms with Crippen LogP contribution in [-0.2, 0) is 5.41 Å². The fourth-order valence-electron chi connectivity index (χ4n) is 2.30. The Hall–Kier alpha value is -1.47. The Morgan fingerprint density at radius 3 is 2.16 bits per heavy atom. The Bertz CT molecular complexity index is 582. The molecular weight excluding hydrogens is 256 g/mol. The highest BCUT2D eigenvalue weighted by Gasteiger charge is 2.20. The first-order valence-electron chi connectivity index (χ1n) is 6.37. The Balaban J connectivity index is 2.70. The lowest BCUT2D eigenvalue weighted by Crippen LogP contribution is -2.12. The molecule has 100 valence electrons. The van der Waals surface area contributed by atoms with E-state index in [2.05, 4.69) is 45.0 Å². The molecule has 0 aliphatic carbocycles. The highest BCUT2D eigenvalue weighted by Crippen LogP contribution is 2.40. The van der Waals surface area contributed by atoms with Gasteiger partial charge in [-0.3, -0.25) is 0 Å². The molecule has 0 N–H and O–H groups in total. The van der Waals surface area contributed by atoms with E-state index >= 15 is 0 Å². The second-order valence-corrected chi connectivity index (χ2v) is 6.02. The first-order valence-corrected chi connectivity index (χ1v) is 6.75. The van der Waals surface area contributed by atoms with Gasteiger partial charge in [-0.05, 0) is 22.6 Å². The van der Waals surface area contributed by atoms with Crippen molar-refractivity contribution in [1.29, 1.82) is 0 Å². The molecule has 0 radical (unpaired) electrons. The lowest BCUT2D eigenvalue weighted by Gasteiger charge is -2.24. The Labute approximate surface area is 120 Å². The highest BCUT2D eigenvalue weighted by molar-refractivity contribution is 6.32. The number of methoxy groups -OCH3 is 1. The third kappa shape index (κ3) is 2.76. The lowest BCUT2D eigenvalue weighted by atomic mass is 9.82. The van der Waals surface area contributed by atoms with Gasteiger partial charge in [0.15, 0.2) is 0 Å². The summed E-state index contributed by atoms with van der Waals surface area (Å²) in [5.41, 5.74) is 3.58. The van der Waals surface area contributed by atoms with Crippen LogP contribution in [0.5, 0.6) is 5.75 Å². The van der Waals surface area contributed by atoms with E-state index in [4.69, 9.17) is 16.3 Å². The molecule has 2 rings (SSSR count). The first-order chi connectivity index (χ1) is 8.95. The summed E-state index contributed by atoms with van der Waals surface area (Å²) in [5, 5.41) is 0.642. The minimum Gasteiger partial charge on any atom is -0.495 e. The molecule has 2 heteroatoms. The third-order valence-electron chi connectivity index (χ3n) is 3.20. The van der Waals surface area contributed by atoms with E-state index < -0.39 is 0 Å². The summed E-state index contributed by atoms with van der Waals surface area (Å²) in [6.45, 7) is 6.63. The summed E-state index contributed by atoms with van der Waals surface area (Å²) in [6.07, 6.45) is 0. The number of hydrogen-bond donors (Lipinski definition) is 0. The number of ether oxygens (including phenoxy) is 1. The molecule has 2 aromatic carbocycles. The van der Waals surface area contributed by atoms with Crippen LogP contribution in [0.1, 0.15) is 26.3 Å². The van der Waals surface area contributed by atoms with Crippen molar-refractivity contribution in [2.45, 2.75) is 26.2 Å². The van der Waals surface area contributed by atoms with Crippen molar-refractivity contribution < 1.29 is 4.74 Å². The van der Waals surface area contributed by atoms with Gasteiger partial charge in [0.25, 0.3) is 0 Å². The molecule has 1 nitrogen and oxygen atoms in total. The minimum atomic E-state index is 0.0733. The maximum Gasteiger partial charge on any atom is 0.145 e. The van der Waals surface area contributed by atoms with Crippen molar-refractivity contribution in [2.24, 2.45) is 0 Å². The SMILES string of the molecule is COc1c(Cl)cccc1-c1ccccc1C(C)(C)C. The molecule has 0 fully saturated rings. The average molecular weight is 275 g/mol. The van der Waals surface area contributed by atoms with Gasteiger partial charge in [-0.2, -0.15) is 0 Å². The van der Waals surface area contributed by atoms with E-state index in [1.807, 2.05) is 18.2 Å². The summed E-state index contributed by atoms with van der Waals surface area (Å²) in [4.78, 5) is 0. The minimum absolute atomic E-state index is 0.0733.